The van der Waals surface area contributed by atoms with E-state index in [1.165, 1.54) is 18.4 Å². The largest absolute Gasteiger partial charge is 0.325 e. The van der Waals surface area contributed by atoms with Crippen LogP contribution in [0, 0.1) is 0 Å². The maximum Gasteiger partial charge on any atom is 0.0230 e. The second kappa shape index (κ2) is 4.33. The van der Waals surface area contributed by atoms with Crippen molar-refractivity contribution in [3.63, 3.8) is 0 Å². The summed E-state index contributed by atoms with van der Waals surface area (Å²) in [5.74, 6) is 0.619. The van der Waals surface area contributed by atoms with Crippen molar-refractivity contribution in [3.05, 3.63) is 35.9 Å². The molecule has 0 bridgehead atoms. The molecule has 1 fully saturated rings. The Morgan fingerprint density at radius 2 is 2.00 bits per heavy atom. The van der Waals surface area contributed by atoms with Gasteiger partial charge < -0.3 is 5.73 Å². The number of halogens is 1. The van der Waals surface area contributed by atoms with E-state index < -0.39 is 0 Å². The summed E-state index contributed by atoms with van der Waals surface area (Å²) in [6, 6.07) is 10.6. The molecule has 0 aliphatic heterocycles. The first-order valence-corrected chi connectivity index (χ1v) is 5.10. The zero-order chi connectivity index (χ0) is 9.31. The number of nitrogens with two attached hydrogens (primary N) is 1. The fourth-order valence-corrected chi connectivity index (χ4v) is 2.20. The van der Waals surface area contributed by atoms with Crippen LogP contribution in [-0.4, -0.2) is 5.54 Å². The molecule has 1 aromatic rings. The average Bonchev–Trinajstić information content (AvgIpc) is 2.80. The first-order valence-electron chi connectivity index (χ1n) is 5.10. The summed E-state index contributed by atoms with van der Waals surface area (Å²) in [5, 5.41) is 0. The van der Waals surface area contributed by atoms with Crippen molar-refractivity contribution in [1.29, 1.82) is 0 Å². The smallest absolute Gasteiger partial charge is 0.0230 e. The van der Waals surface area contributed by atoms with Gasteiger partial charge in [-0.3, -0.25) is 0 Å². The molecule has 0 aromatic heterocycles. The Balaban J connectivity index is 0.000000980. The third kappa shape index (κ3) is 2.10. The fraction of sp³-hybridized carbons (Fsp3) is 0.500. The Morgan fingerprint density at radius 1 is 1.36 bits per heavy atom. The summed E-state index contributed by atoms with van der Waals surface area (Å²) >= 11 is 0. The quantitative estimate of drug-likeness (QED) is 0.817. The van der Waals surface area contributed by atoms with E-state index in [2.05, 4.69) is 37.3 Å². The normalized spacial score (nSPS) is 29.4. The second-order valence-electron chi connectivity index (χ2n) is 4.15. The Labute approximate surface area is 92.1 Å². The van der Waals surface area contributed by atoms with Gasteiger partial charge in [0.15, 0.2) is 0 Å². The van der Waals surface area contributed by atoms with Gasteiger partial charge in [-0.05, 0) is 18.4 Å². The van der Waals surface area contributed by atoms with Crippen molar-refractivity contribution in [3.8, 4) is 0 Å². The van der Waals surface area contributed by atoms with Gasteiger partial charge in [0.2, 0.25) is 0 Å². The van der Waals surface area contributed by atoms with Crippen LogP contribution in [-0.2, 0) is 0 Å². The molecule has 14 heavy (non-hydrogen) atoms. The molecule has 2 N–H and O–H groups in total. The molecule has 1 aromatic carbocycles. The van der Waals surface area contributed by atoms with E-state index in [1.807, 2.05) is 0 Å². The van der Waals surface area contributed by atoms with Crippen molar-refractivity contribution in [2.45, 2.75) is 37.6 Å². The van der Waals surface area contributed by atoms with Crippen molar-refractivity contribution >= 4 is 12.4 Å². The molecular formula is C12H18ClN. The Kier molecular flexibility index (Phi) is 3.57. The van der Waals surface area contributed by atoms with E-state index in [-0.39, 0.29) is 17.9 Å². The monoisotopic (exact) mass is 211 g/mol. The van der Waals surface area contributed by atoms with E-state index in [9.17, 15) is 0 Å². The predicted molar refractivity (Wildman–Crippen MR) is 62.9 cm³/mol. The first-order chi connectivity index (χ1) is 6.26. The number of hydrogen-bond donors (Lipinski definition) is 1. The molecule has 1 aliphatic rings. The van der Waals surface area contributed by atoms with Crippen LogP contribution in [0.3, 0.4) is 0 Å². The predicted octanol–water partition coefficient (Wildman–Crippen LogP) is 3.09. The summed E-state index contributed by atoms with van der Waals surface area (Å²) in [4.78, 5) is 0. The summed E-state index contributed by atoms with van der Waals surface area (Å²) < 4.78 is 0. The van der Waals surface area contributed by atoms with Crippen molar-refractivity contribution in [2.75, 3.05) is 0 Å². The lowest BCUT2D eigenvalue weighted by molar-refractivity contribution is 0.579. The summed E-state index contributed by atoms with van der Waals surface area (Å²) in [7, 11) is 0. The van der Waals surface area contributed by atoms with Gasteiger partial charge in [0.25, 0.3) is 0 Å². The lowest BCUT2D eigenvalue weighted by atomic mass is 10.0. The van der Waals surface area contributed by atoms with Gasteiger partial charge in [-0.1, -0.05) is 43.7 Å². The molecule has 78 valence electrons. The Bertz CT molecular complexity index is 286. The minimum atomic E-state index is 0. The van der Waals surface area contributed by atoms with E-state index in [1.54, 1.807) is 0 Å². The molecule has 2 heteroatoms. The van der Waals surface area contributed by atoms with Crippen LogP contribution in [0.2, 0.25) is 0 Å². The van der Waals surface area contributed by atoms with E-state index in [0.29, 0.717) is 5.92 Å². The summed E-state index contributed by atoms with van der Waals surface area (Å²) in [6.07, 6.45) is 3.53. The van der Waals surface area contributed by atoms with Crippen molar-refractivity contribution in [2.24, 2.45) is 5.73 Å². The van der Waals surface area contributed by atoms with Gasteiger partial charge in [0, 0.05) is 11.5 Å². The fourth-order valence-electron chi connectivity index (χ4n) is 2.20. The molecule has 2 rings (SSSR count). The molecule has 0 heterocycles. The van der Waals surface area contributed by atoms with Gasteiger partial charge in [-0.15, -0.1) is 12.4 Å². The van der Waals surface area contributed by atoms with Gasteiger partial charge in [0.05, 0.1) is 0 Å². The van der Waals surface area contributed by atoms with Crippen LogP contribution in [0.5, 0.6) is 0 Å². The third-order valence-corrected chi connectivity index (χ3v) is 3.04. The first kappa shape index (κ1) is 11.5. The van der Waals surface area contributed by atoms with Crippen LogP contribution in [0.25, 0.3) is 0 Å². The highest BCUT2D eigenvalue weighted by atomic mass is 35.5. The summed E-state index contributed by atoms with van der Waals surface area (Å²) in [6.45, 7) is 2.20. The summed E-state index contributed by atoms with van der Waals surface area (Å²) in [5.41, 5.74) is 7.77. The minimum Gasteiger partial charge on any atom is -0.325 e. The number of benzene rings is 1. The van der Waals surface area contributed by atoms with Crippen LogP contribution < -0.4 is 5.73 Å². The highest BCUT2D eigenvalue weighted by Crippen LogP contribution is 2.51. The van der Waals surface area contributed by atoms with Crippen LogP contribution in [0.15, 0.2) is 30.3 Å². The maximum atomic E-state index is 6.23. The van der Waals surface area contributed by atoms with Gasteiger partial charge >= 0.3 is 0 Å². The molecule has 0 amide bonds. The molecular weight excluding hydrogens is 194 g/mol. The number of rotatable bonds is 3. The molecule has 1 aliphatic carbocycles. The molecule has 2 atom stereocenters. The molecule has 2 unspecified atom stereocenters. The zero-order valence-electron chi connectivity index (χ0n) is 8.57. The lowest BCUT2D eigenvalue weighted by Gasteiger charge is -2.09. The zero-order valence-corrected chi connectivity index (χ0v) is 9.39. The standard InChI is InChI=1S/C12H17N.ClH/c1-2-8-12(13)9-11(12)10-6-4-3-5-7-10;/h3-7,11H,2,8-9,13H2,1H3;1H. The van der Waals surface area contributed by atoms with Crippen molar-refractivity contribution < 1.29 is 0 Å². The number of hydrogen-bond acceptors (Lipinski definition) is 1. The second-order valence-corrected chi connectivity index (χ2v) is 4.15. The van der Waals surface area contributed by atoms with Gasteiger partial charge in [0.1, 0.15) is 0 Å². The van der Waals surface area contributed by atoms with E-state index in [0.717, 1.165) is 6.42 Å². The minimum absolute atomic E-state index is 0. The Morgan fingerprint density at radius 3 is 2.57 bits per heavy atom. The van der Waals surface area contributed by atoms with E-state index >= 15 is 0 Å². The van der Waals surface area contributed by atoms with Crippen LogP contribution in [0.4, 0.5) is 0 Å². The van der Waals surface area contributed by atoms with Crippen LogP contribution in [0.1, 0.15) is 37.7 Å². The average molecular weight is 212 g/mol. The molecule has 0 saturated heterocycles. The van der Waals surface area contributed by atoms with Gasteiger partial charge in [-0.2, -0.15) is 0 Å². The van der Waals surface area contributed by atoms with Gasteiger partial charge in [-0.25, -0.2) is 0 Å². The molecule has 0 spiro atoms. The Hall–Kier alpha value is -0.530. The lowest BCUT2D eigenvalue weighted by Crippen LogP contribution is -2.23. The highest BCUT2D eigenvalue weighted by Gasteiger charge is 2.50. The molecule has 1 nitrogen and oxygen atoms in total. The van der Waals surface area contributed by atoms with Crippen molar-refractivity contribution in [1.82, 2.24) is 0 Å². The third-order valence-electron chi connectivity index (χ3n) is 3.04. The molecule has 1 saturated carbocycles. The maximum absolute atomic E-state index is 6.23. The molecule has 0 radical (unpaired) electrons. The van der Waals surface area contributed by atoms with Crippen LogP contribution >= 0.6 is 12.4 Å². The topological polar surface area (TPSA) is 26.0 Å². The van der Waals surface area contributed by atoms with E-state index in [4.69, 9.17) is 5.73 Å². The highest BCUT2D eigenvalue weighted by molar-refractivity contribution is 5.85. The SMILES string of the molecule is CCCC1(N)CC1c1ccccc1.Cl.